The van der Waals surface area contributed by atoms with Crippen LogP contribution in [-0.4, -0.2) is 42.1 Å². The molecule has 4 heteroatoms. The van der Waals surface area contributed by atoms with Crippen LogP contribution in [0, 0.1) is 5.92 Å². The zero-order valence-corrected chi connectivity index (χ0v) is 13.2. The fourth-order valence-corrected chi connectivity index (χ4v) is 3.77. The smallest absolute Gasteiger partial charge is 0.128 e. The van der Waals surface area contributed by atoms with Crippen LogP contribution < -0.4 is 10.6 Å². The summed E-state index contributed by atoms with van der Waals surface area (Å²) in [5, 5.41) is 0. The molecule has 2 N–H and O–H groups in total. The average Bonchev–Trinajstić information content (AvgIpc) is 2.55. The maximum Gasteiger partial charge on any atom is 0.128 e. The first-order valence-electron chi connectivity index (χ1n) is 8.40. The molecule has 21 heavy (non-hydrogen) atoms. The molecule has 1 aromatic rings. The third-order valence-corrected chi connectivity index (χ3v) is 5.11. The van der Waals surface area contributed by atoms with E-state index in [1.165, 1.54) is 38.8 Å². The number of rotatable bonds is 3. The minimum atomic E-state index is 0.570. The zero-order chi connectivity index (χ0) is 14.7. The Hall–Kier alpha value is -1.13. The molecule has 2 fully saturated rings. The van der Waals surface area contributed by atoms with Crippen LogP contribution in [0.1, 0.15) is 38.2 Å². The van der Waals surface area contributed by atoms with Crippen molar-refractivity contribution in [2.45, 2.75) is 45.2 Å². The topological polar surface area (TPSA) is 45.4 Å². The van der Waals surface area contributed by atoms with E-state index in [0.29, 0.717) is 6.54 Å². The molecule has 1 saturated heterocycles. The van der Waals surface area contributed by atoms with Crippen molar-refractivity contribution < 1.29 is 0 Å². The average molecular weight is 288 g/mol. The highest BCUT2D eigenvalue weighted by Gasteiger charge is 2.27. The predicted octanol–water partition coefficient (Wildman–Crippen LogP) is 2.24. The van der Waals surface area contributed by atoms with Gasteiger partial charge in [-0.1, -0.05) is 25.8 Å². The van der Waals surface area contributed by atoms with Gasteiger partial charge in [0.2, 0.25) is 0 Å². The Morgan fingerprint density at radius 1 is 1.19 bits per heavy atom. The summed E-state index contributed by atoms with van der Waals surface area (Å²) in [6.45, 7) is 7.53. The molecule has 0 aromatic carbocycles. The van der Waals surface area contributed by atoms with E-state index in [9.17, 15) is 0 Å². The molecule has 116 valence electrons. The van der Waals surface area contributed by atoms with Gasteiger partial charge in [0.05, 0.1) is 0 Å². The lowest BCUT2D eigenvalue weighted by molar-refractivity contribution is 0.127. The highest BCUT2D eigenvalue weighted by atomic mass is 15.3. The van der Waals surface area contributed by atoms with Crippen LogP contribution in [0.25, 0.3) is 0 Å². The Bertz CT molecular complexity index is 437. The second-order valence-corrected chi connectivity index (χ2v) is 6.68. The highest BCUT2D eigenvalue weighted by Crippen LogP contribution is 2.28. The van der Waals surface area contributed by atoms with Crippen LogP contribution in [0.4, 0.5) is 5.82 Å². The van der Waals surface area contributed by atoms with Crippen LogP contribution in [0.3, 0.4) is 0 Å². The lowest BCUT2D eigenvalue weighted by Crippen LogP contribution is -2.51. The lowest BCUT2D eigenvalue weighted by Gasteiger charge is -2.42. The Morgan fingerprint density at radius 2 is 2.00 bits per heavy atom. The van der Waals surface area contributed by atoms with Crippen LogP contribution >= 0.6 is 0 Å². The highest BCUT2D eigenvalue weighted by molar-refractivity contribution is 5.39. The van der Waals surface area contributed by atoms with Gasteiger partial charge in [0.25, 0.3) is 0 Å². The van der Waals surface area contributed by atoms with E-state index in [-0.39, 0.29) is 0 Å². The first-order chi connectivity index (χ1) is 10.3. The summed E-state index contributed by atoms with van der Waals surface area (Å²) < 4.78 is 0. The van der Waals surface area contributed by atoms with Gasteiger partial charge in [-0.05, 0) is 30.4 Å². The zero-order valence-electron chi connectivity index (χ0n) is 13.2. The number of hydrogen-bond donors (Lipinski definition) is 1. The van der Waals surface area contributed by atoms with Crippen molar-refractivity contribution in [1.82, 2.24) is 9.88 Å². The van der Waals surface area contributed by atoms with Crippen LogP contribution in [0.2, 0.25) is 0 Å². The number of nitrogens with zero attached hydrogens (tertiary/aromatic N) is 3. The second-order valence-electron chi connectivity index (χ2n) is 6.68. The summed E-state index contributed by atoms with van der Waals surface area (Å²) in [4.78, 5) is 9.66. The molecule has 0 spiro atoms. The summed E-state index contributed by atoms with van der Waals surface area (Å²) in [6, 6.07) is 5.03. The van der Waals surface area contributed by atoms with Gasteiger partial charge in [-0.15, -0.1) is 0 Å². The van der Waals surface area contributed by atoms with Gasteiger partial charge in [0, 0.05) is 45.0 Å². The van der Waals surface area contributed by atoms with Crippen molar-refractivity contribution in [2.24, 2.45) is 11.7 Å². The van der Waals surface area contributed by atoms with Crippen molar-refractivity contribution in [2.75, 3.05) is 31.1 Å². The number of piperazine rings is 1. The first kappa shape index (κ1) is 14.8. The second kappa shape index (κ2) is 6.75. The molecule has 1 aromatic heterocycles. The minimum Gasteiger partial charge on any atom is -0.354 e. The maximum absolute atomic E-state index is 5.63. The monoisotopic (exact) mass is 288 g/mol. The Kier molecular flexibility index (Phi) is 4.76. The van der Waals surface area contributed by atoms with E-state index in [1.54, 1.807) is 0 Å². The number of pyridine rings is 1. The Morgan fingerprint density at radius 3 is 2.62 bits per heavy atom. The molecule has 0 bridgehead atoms. The Labute approximate surface area is 128 Å². The molecular weight excluding hydrogens is 260 g/mol. The number of nitrogens with two attached hydrogens (primary N) is 1. The summed E-state index contributed by atoms with van der Waals surface area (Å²) in [6.07, 6.45) is 7.53. The summed E-state index contributed by atoms with van der Waals surface area (Å²) in [5.41, 5.74) is 6.74. The molecular formula is C17H28N4. The van der Waals surface area contributed by atoms with E-state index < -0.39 is 0 Å². The van der Waals surface area contributed by atoms with Gasteiger partial charge in [-0.3, -0.25) is 4.90 Å². The van der Waals surface area contributed by atoms with Crippen molar-refractivity contribution >= 4 is 5.82 Å². The minimum absolute atomic E-state index is 0.570. The standard InChI is InChI=1S/C17H28N4/c1-14-3-2-4-16(11-14)20-7-9-21(10-8-20)17-6-5-15(12-18)13-19-17/h5-6,13-14,16H,2-4,7-12,18H2,1H3. The maximum atomic E-state index is 5.63. The quantitative estimate of drug-likeness (QED) is 0.926. The molecule has 1 aliphatic heterocycles. The fraction of sp³-hybridized carbons (Fsp3) is 0.706. The molecule has 2 heterocycles. The Balaban J connectivity index is 1.54. The van der Waals surface area contributed by atoms with Crippen LogP contribution in [-0.2, 0) is 6.54 Å². The van der Waals surface area contributed by atoms with E-state index in [4.69, 9.17) is 5.73 Å². The number of hydrogen-bond acceptors (Lipinski definition) is 4. The number of anilines is 1. The molecule has 1 aliphatic carbocycles. The van der Waals surface area contributed by atoms with Crippen LogP contribution in [0.15, 0.2) is 18.3 Å². The molecule has 2 atom stereocenters. The largest absolute Gasteiger partial charge is 0.354 e. The van der Waals surface area contributed by atoms with E-state index in [2.05, 4.69) is 33.8 Å². The van der Waals surface area contributed by atoms with E-state index in [0.717, 1.165) is 36.4 Å². The third kappa shape index (κ3) is 3.55. The van der Waals surface area contributed by atoms with Gasteiger partial charge >= 0.3 is 0 Å². The van der Waals surface area contributed by atoms with E-state index in [1.807, 2.05) is 6.20 Å². The molecule has 4 nitrogen and oxygen atoms in total. The van der Waals surface area contributed by atoms with Gasteiger partial charge in [0.15, 0.2) is 0 Å². The molecule has 0 radical (unpaired) electrons. The molecule has 0 amide bonds. The molecule has 3 rings (SSSR count). The first-order valence-corrected chi connectivity index (χ1v) is 8.40. The summed E-state index contributed by atoms with van der Waals surface area (Å²) >= 11 is 0. The van der Waals surface area contributed by atoms with Crippen molar-refractivity contribution in [3.63, 3.8) is 0 Å². The molecule has 1 saturated carbocycles. The molecule has 2 aliphatic rings. The summed E-state index contributed by atoms with van der Waals surface area (Å²) in [7, 11) is 0. The van der Waals surface area contributed by atoms with Gasteiger partial charge < -0.3 is 10.6 Å². The molecule has 2 unspecified atom stereocenters. The lowest BCUT2D eigenvalue weighted by atomic mass is 9.86. The predicted molar refractivity (Wildman–Crippen MR) is 87.3 cm³/mol. The SMILES string of the molecule is CC1CCCC(N2CCN(c3ccc(CN)cn3)CC2)C1. The third-order valence-electron chi connectivity index (χ3n) is 5.11. The number of aromatic nitrogens is 1. The van der Waals surface area contributed by atoms with Gasteiger partial charge in [-0.2, -0.15) is 0 Å². The van der Waals surface area contributed by atoms with Crippen molar-refractivity contribution in [3.8, 4) is 0 Å². The van der Waals surface area contributed by atoms with Crippen LogP contribution in [0.5, 0.6) is 0 Å². The van der Waals surface area contributed by atoms with E-state index >= 15 is 0 Å². The summed E-state index contributed by atoms with van der Waals surface area (Å²) in [5.74, 6) is 2.01. The normalized spacial score (nSPS) is 27.8. The fourth-order valence-electron chi connectivity index (χ4n) is 3.77. The van der Waals surface area contributed by atoms with Crippen molar-refractivity contribution in [1.29, 1.82) is 0 Å². The van der Waals surface area contributed by atoms with Gasteiger partial charge in [-0.25, -0.2) is 4.98 Å². The van der Waals surface area contributed by atoms with Gasteiger partial charge in [0.1, 0.15) is 5.82 Å². The van der Waals surface area contributed by atoms with Crippen molar-refractivity contribution in [3.05, 3.63) is 23.9 Å².